The molecular formula is C15H12INO4. The van der Waals surface area contributed by atoms with Gasteiger partial charge in [-0.1, -0.05) is 12.1 Å². The van der Waals surface area contributed by atoms with Gasteiger partial charge in [0, 0.05) is 11.8 Å². The van der Waals surface area contributed by atoms with Crippen molar-refractivity contribution < 1.29 is 19.0 Å². The van der Waals surface area contributed by atoms with Crippen LogP contribution in [0.3, 0.4) is 0 Å². The predicted octanol–water partition coefficient (Wildman–Crippen LogP) is 3.04. The number of rotatable bonds is 4. The van der Waals surface area contributed by atoms with Crippen molar-refractivity contribution in [1.29, 1.82) is 0 Å². The highest BCUT2D eigenvalue weighted by Crippen LogP contribution is 2.34. The van der Waals surface area contributed by atoms with Gasteiger partial charge in [-0.15, -0.1) is 0 Å². The standard InChI is InChI=1S/C15H12INO4/c16-11-3-1-2-4-12(11)19-8-15(18)17-10-5-6-13-14(7-10)21-9-20-13/h1-7H,8-9H2,(H,17,18). The minimum Gasteiger partial charge on any atom is -0.483 e. The molecule has 5 nitrogen and oxygen atoms in total. The summed E-state index contributed by atoms with van der Waals surface area (Å²) >= 11 is 2.16. The van der Waals surface area contributed by atoms with E-state index in [-0.39, 0.29) is 19.3 Å². The third kappa shape index (κ3) is 3.38. The van der Waals surface area contributed by atoms with Gasteiger partial charge in [0.25, 0.3) is 5.91 Å². The molecule has 0 bridgehead atoms. The van der Waals surface area contributed by atoms with Crippen LogP contribution in [0.1, 0.15) is 0 Å². The van der Waals surface area contributed by atoms with Gasteiger partial charge in [0.05, 0.1) is 3.57 Å². The Morgan fingerprint density at radius 3 is 2.86 bits per heavy atom. The van der Waals surface area contributed by atoms with Gasteiger partial charge < -0.3 is 19.5 Å². The molecule has 3 rings (SSSR count). The van der Waals surface area contributed by atoms with E-state index >= 15 is 0 Å². The van der Waals surface area contributed by atoms with Gasteiger partial charge in [-0.3, -0.25) is 4.79 Å². The smallest absolute Gasteiger partial charge is 0.262 e. The maximum atomic E-state index is 11.9. The Kier molecular flexibility index (Phi) is 4.14. The summed E-state index contributed by atoms with van der Waals surface area (Å²) in [7, 11) is 0. The zero-order valence-corrected chi connectivity index (χ0v) is 13.1. The van der Waals surface area contributed by atoms with E-state index in [0.29, 0.717) is 22.9 Å². The molecule has 0 fully saturated rings. The summed E-state index contributed by atoms with van der Waals surface area (Å²) in [5.74, 6) is 1.78. The lowest BCUT2D eigenvalue weighted by atomic mass is 10.3. The zero-order valence-electron chi connectivity index (χ0n) is 11.0. The summed E-state index contributed by atoms with van der Waals surface area (Å²) in [6.45, 7) is 0.163. The number of nitrogens with one attached hydrogen (secondary N) is 1. The van der Waals surface area contributed by atoms with Crippen molar-refractivity contribution in [1.82, 2.24) is 0 Å². The summed E-state index contributed by atoms with van der Waals surface area (Å²) in [5, 5.41) is 2.76. The molecule has 1 aliphatic rings. The zero-order chi connectivity index (χ0) is 14.7. The average molecular weight is 397 g/mol. The number of ether oxygens (including phenoxy) is 3. The number of amides is 1. The van der Waals surface area contributed by atoms with Crippen molar-refractivity contribution in [3.63, 3.8) is 0 Å². The summed E-state index contributed by atoms with van der Waals surface area (Å²) in [6, 6.07) is 12.8. The van der Waals surface area contributed by atoms with Crippen LogP contribution in [0.4, 0.5) is 5.69 Å². The fraction of sp³-hybridized carbons (Fsp3) is 0.133. The minimum absolute atomic E-state index is 0.0472. The van der Waals surface area contributed by atoms with Gasteiger partial charge in [0.2, 0.25) is 6.79 Å². The van der Waals surface area contributed by atoms with Crippen LogP contribution in [0.25, 0.3) is 0 Å². The van der Waals surface area contributed by atoms with Crippen molar-refractivity contribution >= 4 is 34.2 Å². The highest BCUT2D eigenvalue weighted by molar-refractivity contribution is 14.1. The van der Waals surface area contributed by atoms with Gasteiger partial charge in [0.1, 0.15) is 5.75 Å². The molecular weight excluding hydrogens is 385 g/mol. The first-order chi connectivity index (χ1) is 10.2. The normalized spacial score (nSPS) is 12.0. The highest BCUT2D eigenvalue weighted by atomic mass is 127. The van der Waals surface area contributed by atoms with Gasteiger partial charge in [-0.2, -0.15) is 0 Å². The monoisotopic (exact) mass is 397 g/mol. The van der Waals surface area contributed by atoms with E-state index in [1.54, 1.807) is 18.2 Å². The summed E-state index contributed by atoms with van der Waals surface area (Å²) in [4.78, 5) is 11.9. The first-order valence-corrected chi connectivity index (χ1v) is 7.37. The third-order valence-electron chi connectivity index (χ3n) is 2.85. The first kappa shape index (κ1) is 14.0. The van der Waals surface area contributed by atoms with Gasteiger partial charge >= 0.3 is 0 Å². The second kappa shape index (κ2) is 6.21. The average Bonchev–Trinajstić information content (AvgIpc) is 2.94. The molecule has 0 radical (unpaired) electrons. The lowest BCUT2D eigenvalue weighted by Gasteiger charge is -2.09. The van der Waals surface area contributed by atoms with Crippen LogP contribution >= 0.6 is 22.6 Å². The van der Waals surface area contributed by atoms with Gasteiger partial charge in [0.15, 0.2) is 18.1 Å². The summed E-state index contributed by atoms with van der Waals surface area (Å²) < 4.78 is 16.9. The van der Waals surface area contributed by atoms with Crippen LogP contribution < -0.4 is 19.5 Å². The van der Waals surface area contributed by atoms with Crippen LogP contribution in [-0.2, 0) is 4.79 Å². The summed E-state index contributed by atoms with van der Waals surface area (Å²) in [5.41, 5.74) is 0.649. The van der Waals surface area contributed by atoms with Crippen molar-refractivity contribution in [2.24, 2.45) is 0 Å². The van der Waals surface area contributed by atoms with E-state index in [1.807, 2.05) is 24.3 Å². The van der Waals surface area contributed by atoms with Crippen molar-refractivity contribution in [3.8, 4) is 17.2 Å². The maximum absolute atomic E-state index is 11.9. The van der Waals surface area contributed by atoms with Crippen LogP contribution in [0.2, 0.25) is 0 Å². The fourth-order valence-electron chi connectivity index (χ4n) is 1.88. The van der Waals surface area contributed by atoms with Crippen molar-refractivity contribution in [3.05, 3.63) is 46.0 Å². The van der Waals surface area contributed by atoms with E-state index in [1.165, 1.54) is 0 Å². The number of carbonyl (C=O) groups is 1. The lowest BCUT2D eigenvalue weighted by molar-refractivity contribution is -0.118. The molecule has 0 aliphatic carbocycles. The van der Waals surface area contributed by atoms with Gasteiger partial charge in [-0.25, -0.2) is 0 Å². The molecule has 1 aliphatic heterocycles. The van der Waals surface area contributed by atoms with E-state index in [9.17, 15) is 4.79 Å². The second-order valence-electron chi connectivity index (χ2n) is 4.34. The number of hydrogen-bond acceptors (Lipinski definition) is 4. The van der Waals surface area contributed by atoms with Crippen LogP contribution in [-0.4, -0.2) is 19.3 Å². The first-order valence-electron chi connectivity index (χ1n) is 6.29. The molecule has 1 amide bonds. The van der Waals surface area contributed by atoms with Crippen LogP contribution in [0.5, 0.6) is 17.2 Å². The Balaban J connectivity index is 1.58. The maximum Gasteiger partial charge on any atom is 0.262 e. The molecule has 0 aromatic heterocycles. The van der Waals surface area contributed by atoms with Crippen molar-refractivity contribution in [2.45, 2.75) is 0 Å². The number of halogens is 1. The molecule has 0 saturated heterocycles. The highest BCUT2D eigenvalue weighted by Gasteiger charge is 2.14. The number of fused-ring (bicyclic) bond motifs is 1. The molecule has 2 aromatic rings. The Morgan fingerprint density at radius 1 is 1.19 bits per heavy atom. The molecule has 108 valence electrons. The van der Waals surface area contributed by atoms with Gasteiger partial charge in [-0.05, 0) is 46.9 Å². The number of hydrogen-bond donors (Lipinski definition) is 1. The molecule has 21 heavy (non-hydrogen) atoms. The topological polar surface area (TPSA) is 56.8 Å². The lowest BCUT2D eigenvalue weighted by Crippen LogP contribution is -2.20. The third-order valence-corrected chi connectivity index (χ3v) is 3.74. The Bertz CT molecular complexity index is 674. The number of anilines is 1. The Morgan fingerprint density at radius 2 is 2.00 bits per heavy atom. The molecule has 1 N–H and O–H groups in total. The van der Waals surface area contributed by atoms with E-state index in [0.717, 1.165) is 3.57 Å². The fourth-order valence-corrected chi connectivity index (χ4v) is 2.42. The quantitative estimate of drug-likeness (QED) is 0.807. The molecule has 0 saturated carbocycles. The molecule has 0 unspecified atom stereocenters. The molecule has 1 heterocycles. The largest absolute Gasteiger partial charge is 0.483 e. The Hall–Kier alpha value is -1.96. The Labute approximate surface area is 135 Å². The SMILES string of the molecule is O=C(COc1ccccc1I)Nc1ccc2c(c1)OCO2. The molecule has 6 heteroatoms. The molecule has 0 atom stereocenters. The van der Waals surface area contributed by atoms with E-state index in [4.69, 9.17) is 14.2 Å². The van der Waals surface area contributed by atoms with E-state index in [2.05, 4.69) is 27.9 Å². The number of carbonyl (C=O) groups excluding carboxylic acids is 1. The summed E-state index contributed by atoms with van der Waals surface area (Å²) in [6.07, 6.45) is 0. The minimum atomic E-state index is -0.228. The van der Waals surface area contributed by atoms with Crippen molar-refractivity contribution in [2.75, 3.05) is 18.7 Å². The molecule has 2 aromatic carbocycles. The van der Waals surface area contributed by atoms with Crippen LogP contribution in [0.15, 0.2) is 42.5 Å². The molecule has 0 spiro atoms. The van der Waals surface area contributed by atoms with E-state index < -0.39 is 0 Å². The number of benzene rings is 2. The second-order valence-corrected chi connectivity index (χ2v) is 5.50. The predicted molar refractivity (Wildman–Crippen MR) is 85.8 cm³/mol. The van der Waals surface area contributed by atoms with Crippen LogP contribution in [0, 0.1) is 3.57 Å². The number of para-hydroxylation sites is 1.